The number of sulfone groups is 1. The topological polar surface area (TPSA) is 147 Å². The van der Waals surface area contributed by atoms with Gasteiger partial charge in [-0.3, -0.25) is 9.59 Å². The van der Waals surface area contributed by atoms with Gasteiger partial charge in [-0.15, -0.1) is 0 Å². The van der Waals surface area contributed by atoms with Gasteiger partial charge in [0.15, 0.2) is 9.84 Å². The molecule has 1 saturated carbocycles. The van der Waals surface area contributed by atoms with E-state index in [0.717, 1.165) is 30.9 Å². The van der Waals surface area contributed by atoms with Crippen LogP contribution in [-0.4, -0.2) is 63.8 Å². The molecule has 0 aromatic heterocycles. The number of Topliss-reactive ketones (excluding diaryl/α,β-unsaturated/α-hetero) is 1. The predicted molar refractivity (Wildman–Crippen MR) is 151 cm³/mol. The molecule has 3 N–H and O–H groups in total. The van der Waals surface area contributed by atoms with Crippen LogP contribution in [0.2, 0.25) is 0 Å². The maximum absolute atomic E-state index is 13.3. The second-order valence-corrected chi connectivity index (χ2v) is 14.8. The molecular formula is C28H40N2O7S2. The van der Waals surface area contributed by atoms with Gasteiger partial charge >= 0.3 is 0 Å². The van der Waals surface area contributed by atoms with E-state index in [2.05, 4.69) is 17.0 Å². The summed E-state index contributed by atoms with van der Waals surface area (Å²) < 4.78 is 52.8. The number of nitrogens with one attached hydrogen (secondary N) is 2. The summed E-state index contributed by atoms with van der Waals surface area (Å²) in [5.41, 5.74) is 0. The maximum Gasteiger partial charge on any atom is 0.239 e. The van der Waals surface area contributed by atoms with E-state index in [9.17, 15) is 31.5 Å². The third-order valence-corrected chi connectivity index (χ3v) is 10.1. The summed E-state index contributed by atoms with van der Waals surface area (Å²) in [5.74, 6) is -1.27. The summed E-state index contributed by atoms with van der Waals surface area (Å²) >= 11 is 0. The Balaban J connectivity index is 1.77. The summed E-state index contributed by atoms with van der Waals surface area (Å²) in [4.78, 5) is 25.5. The predicted octanol–water partition coefficient (Wildman–Crippen LogP) is 2.82. The summed E-state index contributed by atoms with van der Waals surface area (Å²) in [6, 6.07) is 9.47. The molecule has 2 aromatic carbocycles. The molecule has 1 aliphatic carbocycles. The molecule has 0 radical (unpaired) electrons. The van der Waals surface area contributed by atoms with Crippen molar-refractivity contribution in [3.63, 3.8) is 0 Å². The first-order chi connectivity index (χ1) is 18.2. The third-order valence-electron chi connectivity index (χ3n) is 7.69. The summed E-state index contributed by atoms with van der Waals surface area (Å²) in [7, 11) is -8.00. The van der Waals surface area contributed by atoms with Crippen LogP contribution in [0.25, 0.3) is 10.8 Å². The molecule has 6 atom stereocenters. The molecule has 9 nitrogen and oxygen atoms in total. The molecule has 1 aliphatic rings. The van der Waals surface area contributed by atoms with Crippen molar-refractivity contribution in [3.8, 4) is 0 Å². The highest BCUT2D eigenvalue weighted by Crippen LogP contribution is 2.37. The Kier molecular flexibility index (Phi) is 10.3. The first kappa shape index (κ1) is 31.2. The molecule has 0 bridgehead atoms. The van der Waals surface area contributed by atoms with Gasteiger partial charge in [0.1, 0.15) is 11.8 Å². The van der Waals surface area contributed by atoms with Crippen molar-refractivity contribution in [1.82, 2.24) is 10.0 Å². The number of amides is 1. The van der Waals surface area contributed by atoms with Crippen molar-refractivity contribution in [3.05, 3.63) is 42.5 Å². The largest absolute Gasteiger partial charge is 0.391 e. The summed E-state index contributed by atoms with van der Waals surface area (Å²) in [5, 5.41) is 15.2. The highest BCUT2D eigenvalue weighted by molar-refractivity contribution is 7.91. The number of rotatable bonds is 12. The fraction of sp³-hybridized carbons (Fsp3) is 0.571. The molecule has 39 heavy (non-hydrogen) atoms. The second kappa shape index (κ2) is 12.9. The molecule has 0 heterocycles. The molecule has 11 heteroatoms. The molecule has 2 aromatic rings. The van der Waals surface area contributed by atoms with Gasteiger partial charge in [0, 0.05) is 5.92 Å². The minimum absolute atomic E-state index is 0.0159. The Hall–Kier alpha value is -2.34. The number of aliphatic hydroxyl groups is 1. The lowest BCUT2D eigenvalue weighted by atomic mass is 9.70. The van der Waals surface area contributed by atoms with Crippen LogP contribution >= 0.6 is 0 Å². The Morgan fingerprint density at radius 3 is 2.33 bits per heavy atom. The number of carbonyl (C=O) groups is 2. The van der Waals surface area contributed by atoms with Crippen molar-refractivity contribution in [1.29, 1.82) is 0 Å². The van der Waals surface area contributed by atoms with Crippen LogP contribution in [0.4, 0.5) is 0 Å². The molecule has 0 saturated heterocycles. The highest BCUT2D eigenvalue weighted by Gasteiger charge is 2.36. The fourth-order valence-electron chi connectivity index (χ4n) is 5.55. The highest BCUT2D eigenvalue weighted by atomic mass is 32.2. The van der Waals surface area contributed by atoms with E-state index in [0.29, 0.717) is 24.1 Å². The Morgan fingerprint density at radius 1 is 1.05 bits per heavy atom. The van der Waals surface area contributed by atoms with Gasteiger partial charge in [0.25, 0.3) is 0 Å². The smallest absolute Gasteiger partial charge is 0.239 e. The number of fused-ring (bicyclic) bond motifs is 1. The number of ketones is 1. The average Bonchev–Trinajstić information content (AvgIpc) is 2.86. The van der Waals surface area contributed by atoms with E-state index in [1.165, 1.54) is 12.1 Å². The first-order valence-corrected chi connectivity index (χ1v) is 16.9. The van der Waals surface area contributed by atoms with E-state index in [-0.39, 0.29) is 22.5 Å². The van der Waals surface area contributed by atoms with Crippen LogP contribution in [0.5, 0.6) is 0 Å². The van der Waals surface area contributed by atoms with Crippen LogP contribution < -0.4 is 10.0 Å². The van der Waals surface area contributed by atoms with E-state index in [4.69, 9.17) is 0 Å². The quantitative estimate of drug-likeness (QED) is 0.350. The zero-order valence-corrected chi connectivity index (χ0v) is 24.6. The Morgan fingerprint density at radius 2 is 1.72 bits per heavy atom. The van der Waals surface area contributed by atoms with Crippen LogP contribution in [0.1, 0.15) is 52.9 Å². The third kappa shape index (κ3) is 8.57. The number of sulfonamides is 1. The molecule has 0 spiro atoms. The number of hydrogen-bond acceptors (Lipinski definition) is 7. The van der Waals surface area contributed by atoms with Crippen LogP contribution in [0.3, 0.4) is 0 Å². The second-order valence-electron chi connectivity index (χ2n) is 11.0. The Labute approximate surface area is 231 Å². The summed E-state index contributed by atoms with van der Waals surface area (Å²) in [6.45, 7) is 5.45. The van der Waals surface area contributed by atoms with Crippen molar-refractivity contribution < 1.29 is 31.5 Å². The zero-order valence-electron chi connectivity index (χ0n) is 23.0. The molecule has 216 valence electrons. The van der Waals surface area contributed by atoms with Crippen molar-refractivity contribution >= 4 is 42.3 Å². The van der Waals surface area contributed by atoms with Gasteiger partial charge in [-0.25, -0.2) is 21.6 Å². The van der Waals surface area contributed by atoms with Crippen molar-refractivity contribution in [2.45, 2.75) is 76.0 Å². The standard InChI is InChI=1S/C28H40N2O7S2/c1-5-25(27(32)16-22-11-10-18(2)14-24(22)19(3)31)29-28(33)26(30-38(4,34)35)17-39(36,37)23-13-12-20-8-6-7-9-21(20)15-23/h6-9,12-13,15,18,22,24-27,30,32H,5,10-11,14,16-17H2,1-4H3,(H,29,33)/t18?,22?,24?,25-,26+,27+/m0/s1. The zero-order chi connectivity index (χ0) is 29.0. The van der Waals surface area contributed by atoms with Crippen molar-refractivity contribution in [2.75, 3.05) is 12.0 Å². The van der Waals surface area contributed by atoms with Crippen LogP contribution in [-0.2, 0) is 29.4 Å². The van der Waals surface area contributed by atoms with E-state index < -0.39 is 49.7 Å². The Bertz CT molecular complexity index is 1390. The molecule has 1 amide bonds. The van der Waals surface area contributed by atoms with Crippen LogP contribution in [0, 0.1) is 17.8 Å². The van der Waals surface area contributed by atoms with Gasteiger partial charge in [-0.2, -0.15) is 0 Å². The van der Waals surface area contributed by atoms with Gasteiger partial charge in [0.05, 0.1) is 29.0 Å². The summed E-state index contributed by atoms with van der Waals surface area (Å²) in [6.07, 6.45) is 3.05. The normalized spacial score (nSPS) is 22.6. The molecule has 0 aliphatic heterocycles. The SMILES string of the molecule is CC[C@H](NC(=O)[C@@H](CS(=O)(=O)c1ccc2ccccc2c1)NS(C)(=O)=O)[C@H](O)CC1CCC(C)CC1C(C)=O. The maximum atomic E-state index is 13.3. The molecular weight excluding hydrogens is 540 g/mol. The number of hydrogen-bond donors (Lipinski definition) is 3. The van der Waals surface area contributed by atoms with E-state index in [1.807, 2.05) is 12.1 Å². The minimum Gasteiger partial charge on any atom is -0.391 e. The van der Waals surface area contributed by atoms with Crippen LogP contribution in [0.15, 0.2) is 47.4 Å². The van der Waals surface area contributed by atoms with E-state index in [1.54, 1.807) is 32.0 Å². The fourth-order valence-corrected chi connectivity index (χ4v) is 7.81. The lowest BCUT2D eigenvalue weighted by Crippen LogP contribution is -2.54. The lowest BCUT2D eigenvalue weighted by Gasteiger charge is -2.36. The van der Waals surface area contributed by atoms with Gasteiger partial charge in [0.2, 0.25) is 15.9 Å². The average molecular weight is 581 g/mol. The van der Waals surface area contributed by atoms with Crippen molar-refractivity contribution in [2.24, 2.45) is 17.8 Å². The molecule has 3 unspecified atom stereocenters. The number of benzene rings is 2. The molecule has 1 fully saturated rings. The lowest BCUT2D eigenvalue weighted by molar-refractivity contribution is -0.126. The number of carbonyl (C=O) groups excluding carboxylic acids is 2. The van der Waals surface area contributed by atoms with Gasteiger partial charge in [-0.1, -0.05) is 50.6 Å². The van der Waals surface area contributed by atoms with Gasteiger partial charge < -0.3 is 10.4 Å². The van der Waals surface area contributed by atoms with E-state index >= 15 is 0 Å². The van der Waals surface area contributed by atoms with Gasteiger partial charge in [-0.05, 0) is 67.3 Å². The minimum atomic E-state index is -4.06. The first-order valence-electron chi connectivity index (χ1n) is 13.4. The monoisotopic (exact) mass is 580 g/mol. The number of aliphatic hydroxyl groups excluding tert-OH is 1. The molecule has 3 rings (SSSR count).